The fourth-order valence-electron chi connectivity index (χ4n) is 2.33. The second kappa shape index (κ2) is 5.54. The van der Waals surface area contributed by atoms with Gasteiger partial charge >= 0.3 is 0 Å². The van der Waals surface area contributed by atoms with Crippen LogP contribution in [0, 0.1) is 11.3 Å². The summed E-state index contributed by atoms with van der Waals surface area (Å²) >= 11 is 0. The number of aliphatic hydroxyl groups excluding tert-OH is 1. The van der Waals surface area contributed by atoms with Gasteiger partial charge in [-0.3, -0.25) is 4.79 Å². The minimum Gasteiger partial charge on any atom is -0.390 e. The van der Waals surface area contributed by atoms with Gasteiger partial charge in [0.25, 0.3) is 0 Å². The minimum atomic E-state index is -1.07. The number of hydrogen-bond acceptors (Lipinski definition) is 3. The van der Waals surface area contributed by atoms with E-state index in [1.165, 1.54) is 0 Å². The maximum absolute atomic E-state index is 11.9. The van der Waals surface area contributed by atoms with Crippen molar-refractivity contribution in [3.05, 3.63) is 12.2 Å². The SMILES string of the molecule is CC1CCCC(C)(O)C(O)CC(C)(C)/C=C\C1=O. The van der Waals surface area contributed by atoms with Gasteiger partial charge in [0.1, 0.15) is 0 Å². The summed E-state index contributed by atoms with van der Waals surface area (Å²) in [4.78, 5) is 11.9. The summed E-state index contributed by atoms with van der Waals surface area (Å²) in [7, 11) is 0. The molecule has 1 aliphatic rings. The molecule has 0 bridgehead atoms. The van der Waals surface area contributed by atoms with E-state index in [9.17, 15) is 15.0 Å². The van der Waals surface area contributed by atoms with Crippen LogP contribution in [0.1, 0.15) is 53.4 Å². The van der Waals surface area contributed by atoms with Gasteiger partial charge < -0.3 is 10.2 Å². The Kier molecular flexibility index (Phi) is 4.73. The van der Waals surface area contributed by atoms with Crippen molar-refractivity contribution in [2.75, 3.05) is 0 Å². The largest absolute Gasteiger partial charge is 0.390 e. The lowest BCUT2D eigenvalue weighted by atomic mass is 9.80. The van der Waals surface area contributed by atoms with Gasteiger partial charge in [-0.15, -0.1) is 0 Å². The Bertz CT molecular complexity index is 329. The van der Waals surface area contributed by atoms with Crippen molar-refractivity contribution in [2.45, 2.75) is 65.1 Å². The van der Waals surface area contributed by atoms with E-state index >= 15 is 0 Å². The van der Waals surface area contributed by atoms with Crippen LogP contribution < -0.4 is 0 Å². The van der Waals surface area contributed by atoms with Gasteiger partial charge in [-0.05, 0) is 44.1 Å². The molecule has 0 aromatic heterocycles. The van der Waals surface area contributed by atoms with Crippen molar-refractivity contribution in [2.24, 2.45) is 11.3 Å². The van der Waals surface area contributed by atoms with Crippen LogP contribution in [0.5, 0.6) is 0 Å². The first-order chi connectivity index (χ1) is 8.14. The predicted molar refractivity (Wildman–Crippen MR) is 72.2 cm³/mol. The van der Waals surface area contributed by atoms with Crippen LogP contribution in [-0.4, -0.2) is 27.7 Å². The molecule has 0 aromatic rings. The van der Waals surface area contributed by atoms with Gasteiger partial charge in [0.2, 0.25) is 0 Å². The third-order valence-electron chi connectivity index (χ3n) is 3.94. The van der Waals surface area contributed by atoms with E-state index in [1.807, 2.05) is 26.8 Å². The van der Waals surface area contributed by atoms with Crippen molar-refractivity contribution in [1.29, 1.82) is 0 Å². The Morgan fingerprint density at radius 3 is 2.56 bits per heavy atom. The lowest BCUT2D eigenvalue weighted by molar-refractivity contribution is -0.118. The summed E-state index contributed by atoms with van der Waals surface area (Å²) in [5.74, 6) is 0.127. The van der Waals surface area contributed by atoms with E-state index in [2.05, 4.69) is 0 Å². The first-order valence-electron chi connectivity index (χ1n) is 6.77. The molecule has 3 heteroatoms. The first kappa shape index (κ1) is 15.4. The number of hydrogen-bond donors (Lipinski definition) is 2. The molecule has 3 atom stereocenters. The summed E-state index contributed by atoms with van der Waals surface area (Å²) in [6, 6.07) is 0. The first-order valence-corrected chi connectivity index (χ1v) is 6.77. The number of carbonyl (C=O) groups is 1. The van der Waals surface area contributed by atoms with Crippen LogP contribution in [0.3, 0.4) is 0 Å². The molecule has 1 rings (SSSR count). The van der Waals surface area contributed by atoms with Crippen LogP contribution in [0.15, 0.2) is 12.2 Å². The van der Waals surface area contributed by atoms with Gasteiger partial charge in [0.05, 0.1) is 11.7 Å². The summed E-state index contributed by atoms with van der Waals surface area (Å²) in [5, 5.41) is 20.4. The third kappa shape index (κ3) is 4.21. The van der Waals surface area contributed by atoms with Crippen LogP contribution in [-0.2, 0) is 4.79 Å². The number of allylic oxidation sites excluding steroid dienone is 2. The highest BCUT2D eigenvalue weighted by Crippen LogP contribution is 2.32. The summed E-state index contributed by atoms with van der Waals surface area (Å²) < 4.78 is 0. The minimum absolute atomic E-state index is 0.0110. The van der Waals surface area contributed by atoms with Gasteiger partial charge in [0.15, 0.2) is 5.78 Å². The number of aliphatic hydroxyl groups is 2. The molecule has 1 aliphatic carbocycles. The summed E-state index contributed by atoms with van der Waals surface area (Å²) in [6.45, 7) is 7.54. The van der Waals surface area contributed by atoms with Gasteiger partial charge in [-0.25, -0.2) is 0 Å². The molecular weight excluding hydrogens is 228 g/mol. The molecule has 104 valence electrons. The van der Waals surface area contributed by atoms with Crippen LogP contribution in [0.4, 0.5) is 0 Å². The molecular formula is C15H26O3. The Labute approximate surface area is 110 Å². The molecule has 0 radical (unpaired) electrons. The lowest BCUT2D eigenvalue weighted by Crippen LogP contribution is -2.41. The molecule has 0 amide bonds. The molecule has 0 fully saturated rings. The molecule has 0 heterocycles. The fourth-order valence-corrected chi connectivity index (χ4v) is 2.33. The van der Waals surface area contributed by atoms with Crippen molar-refractivity contribution in [3.63, 3.8) is 0 Å². The standard InChI is InChI=1S/C15H26O3/c1-11-6-5-8-15(4,18)13(17)10-14(2,3)9-7-12(11)16/h7,9,11,13,17-18H,5-6,8,10H2,1-4H3/b9-7-. The molecule has 3 nitrogen and oxygen atoms in total. The number of carbonyl (C=O) groups excluding carboxylic acids is 1. The van der Waals surface area contributed by atoms with Crippen molar-refractivity contribution in [1.82, 2.24) is 0 Å². The number of rotatable bonds is 0. The maximum atomic E-state index is 11.9. The molecule has 0 saturated heterocycles. The molecule has 18 heavy (non-hydrogen) atoms. The van der Waals surface area contributed by atoms with Crippen molar-refractivity contribution in [3.8, 4) is 0 Å². The Morgan fingerprint density at radius 1 is 1.33 bits per heavy atom. The Morgan fingerprint density at radius 2 is 1.94 bits per heavy atom. The van der Waals surface area contributed by atoms with Crippen molar-refractivity contribution >= 4 is 5.78 Å². The molecule has 0 aliphatic heterocycles. The van der Waals surface area contributed by atoms with Gasteiger partial charge in [0, 0.05) is 5.92 Å². The second-order valence-electron chi connectivity index (χ2n) is 6.59. The Hall–Kier alpha value is -0.670. The van der Waals surface area contributed by atoms with Gasteiger partial charge in [-0.1, -0.05) is 26.8 Å². The summed E-state index contributed by atoms with van der Waals surface area (Å²) in [6.07, 6.45) is 5.23. The zero-order valence-electron chi connectivity index (χ0n) is 11.9. The zero-order chi connectivity index (χ0) is 14.0. The number of ketones is 1. The molecule has 0 aromatic carbocycles. The predicted octanol–water partition coefficient (Wildman–Crippen LogP) is 2.46. The quantitative estimate of drug-likeness (QED) is 0.698. The van der Waals surface area contributed by atoms with E-state index in [0.29, 0.717) is 12.8 Å². The van der Waals surface area contributed by atoms with E-state index in [1.54, 1.807) is 13.0 Å². The smallest absolute Gasteiger partial charge is 0.158 e. The second-order valence-corrected chi connectivity index (χ2v) is 6.59. The Balaban J connectivity index is 2.93. The average molecular weight is 254 g/mol. The monoisotopic (exact) mass is 254 g/mol. The summed E-state index contributed by atoms with van der Waals surface area (Å²) in [5.41, 5.74) is -1.36. The van der Waals surface area contributed by atoms with E-state index in [-0.39, 0.29) is 17.1 Å². The lowest BCUT2D eigenvalue weighted by Gasteiger charge is -2.33. The average Bonchev–Trinajstić information content (AvgIpc) is 2.24. The molecule has 0 saturated carbocycles. The van der Waals surface area contributed by atoms with E-state index in [4.69, 9.17) is 0 Å². The maximum Gasteiger partial charge on any atom is 0.158 e. The highest BCUT2D eigenvalue weighted by Gasteiger charge is 2.34. The van der Waals surface area contributed by atoms with E-state index in [0.717, 1.165) is 12.8 Å². The van der Waals surface area contributed by atoms with Gasteiger partial charge in [-0.2, -0.15) is 0 Å². The highest BCUT2D eigenvalue weighted by atomic mass is 16.3. The molecule has 2 N–H and O–H groups in total. The fraction of sp³-hybridized carbons (Fsp3) is 0.800. The molecule has 3 unspecified atom stereocenters. The normalized spacial score (nSPS) is 40.0. The van der Waals surface area contributed by atoms with Crippen LogP contribution >= 0.6 is 0 Å². The van der Waals surface area contributed by atoms with Crippen LogP contribution in [0.25, 0.3) is 0 Å². The molecule has 0 spiro atoms. The van der Waals surface area contributed by atoms with E-state index < -0.39 is 11.7 Å². The van der Waals surface area contributed by atoms with Crippen LogP contribution in [0.2, 0.25) is 0 Å². The highest BCUT2D eigenvalue weighted by molar-refractivity contribution is 5.91. The third-order valence-corrected chi connectivity index (χ3v) is 3.94. The van der Waals surface area contributed by atoms with Crippen molar-refractivity contribution < 1.29 is 15.0 Å². The topological polar surface area (TPSA) is 57.5 Å². The zero-order valence-corrected chi connectivity index (χ0v) is 11.9.